The fraction of sp³-hybridized carbons (Fsp3) is 0.455. The second-order valence-corrected chi connectivity index (χ2v) is 8.14. The van der Waals surface area contributed by atoms with Crippen LogP contribution in [-0.2, 0) is 0 Å². The molecule has 2 fully saturated rings. The molecule has 5 heterocycles. The molecule has 0 aliphatic carbocycles. The van der Waals surface area contributed by atoms with Gasteiger partial charge in [0.25, 0.3) is 0 Å². The molecule has 2 aliphatic rings. The van der Waals surface area contributed by atoms with E-state index in [0.717, 1.165) is 68.2 Å². The predicted molar refractivity (Wildman–Crippen MR) is 117 cm³/mol. The number of ether oxygens (including phenoxy) is 1. The van der Waals surface area contributed by atoms with E-state index in [0.29, 0.717) is 5.88 Å². The Bertz CT molecular complexity index is 1090. The number of carbonyl (C=O) groups is 1. The minimum absolute atomic E-state index is 0.147. The van der Waals surface area contributed by atoms with E-state index in [1.54, 1.807) is 19.5 Å². The molecule has 162 valence electrons. The van der Waals surface area contributed by atoms with Crippen LogP contribution >= 0.6 is 0 Å². The van der Waals surface area contributed by atoms with Crippen LogP contribution in [0.3, 0.4) is 0 Å². The number of nitrogens with zero attached hydrogens (tertiary/aromatic N) is 7. The first-order valence-corrected chi connectivity index (χ1v) is 10.8. The summed E-state index contributed by atoms with van der Waals surface area (Å²) >= 11 is 0. The molecule has 9 heteroatoms. The molecule has 5 rings (SSSR count). The van der Waals surface area contributed by atoms with Gasteiger partial charge < -0.3 is 19.4 Å². The van der Waals surface area contributed by atoms with Crippen molar-refractivity contribution in [2.75, 3.05) is 45.2 Å². The van der Waals surface area contributed by atoms with Crippen LogP contribution in [0.15, 0.2) is 36.7 Å². The van der Waals surface area contributed by atoms with Crippen molar-refractivity contribution in [2.45, 2.75) is 25.3 Å². The lowest BCUT2D eigenvalue weighted by molar-refractivity contribution is 0.159. The Morgan fingerprint density at radius 2 is 2.00 bits per heavy atom. The lowest BCUT2D eigenvalue weighted by Crippen LogP contribution is -2.46. The summed E-state index contributed by atoms with van der Waals surface area (Å²) in [4.78, 5) is 27.7. The molecular formula is C22H27N7O2. The Hall–Kier alpha value is -3.36. The van der Waals surface area contributed by atoms with E-state index in [2.05, 4.69) is 14.9 Å². The number of anilines is 1. The van der Waals surface area contributed by atoms with E-state index in [-0.39, 0.29) is 12.1 Å². The highest BCUT2D eigenvalue weighted by Gasteiger charge is 2.32. The monoisotopic (exact) mass is 421 g/mol. The molecule has 31 heavy (non-hydrogen) atoms. The number of likely N-dealkylation sites (tertiary alicyclic amines) is 1. The van der Waals surface area contributed by atoms with Gasteiger partial charge in [0, 0.05) is 39.4 Å². The molecule has 0 unspecified atom stereocenters. The molecular weight excluding hydrogens is 394 g/mol. The van der Waals surface area contributed by atoms with Gasteiger partial charge in [-0.25, -0.2) is 19.3 Å². The van der Waals surface area contributed by atoms with Gasteiger partial charge in [-0.15, -0.1) is 5.10 Å². The maximum absolute atomic E-state index is 12.8. The number of imidazole rings is 1. The van der Waals surface area contributed by atoms with Crippen molar-refractivity contribution in [1.82, 2.24) is 29.4 Å². The van der Waals surface area contributed by atoms with Crippen molar-refractivity contribution >= 4 is 17.5 Å². The summed E-state index contributed by atoms with van der Waals surface area (Å²) in [5.74, 6) is 1.42. The molecule has 0 bridgehead atoms. The smallest absolute Gasteiger partial charge is 0.320 e. The first-order chi connectivity index (χ1) is 15.2. The van der Waals surface area contributed by atoms with Crippen LogP contribution in [0.1, 0.15) is 19.3 Å². The van der Waals surface area contributed by atoms with E-state index in [1.165, 1.54) is 0 Å². The minimum atomic E-state index is 0.147. The van der Waals surface area contributed by atoms with Crippen molar-refractivity contribution in [3.63, 3.8) is 0 Å². The van der Waals surface area contributed by atoms with E-state index in [4.69, 9.17) is 9.84 Å². The van der Waals surface area contributed by atoms with Gasteiger partial charge in [0.15, 0.2) is 5.65 Å². The average Bonchev–Trinajstić information content (AvgIpc) is 3.58. The SMILES string of the molecule is COc1ncccc1-c1cnc2ccc(N3CC[C@H](N(C)C(=O)N4CCCC4)C3)nn12. The summed E-state index contributed by atoms with van der Waals surface area (Å²) in [5.41, 5.74) is 2.44. The maximum Gasteiger partial charge on any atom is 0.320 e. The van der Waals surface area contributed by atoms with Gasteiger partial charge in [-0.05, 0) is 43.5 Å². The molecule has 0 radical (unpaired) electrons. The van der Waals surface area contributed by atoms with Crippen molar-refractivity contribution in [3.05, 3.63) is 36.7 Å². The van der Waals surface area contributed by atoms with Crippen molar-refractivity contribution < 1.29 is 9.53 Å². The van der Waals surface area contributed by atoms with Gasteiger partial charge >= 0.3 is 6.03 Å². The van der Waals surface area contributed by atoms with Crippen molar-refractivity contribution in [1.29, 1.82) is 0 Å². The number of rotatable bonds is 4. The summed E-state index contributed by atoms with van der Waals surface area (Å²) in [6.07, 6.45) is 6.64. The Labute approximate surface area is 181 Å². The molecule has 3 aromatic rings. The van der Waals surface area contributed by atoms with Crippen LogP contribution in [0.2, 0.25) is 0 Å². The molecule has 9 nitrogen and oxygen atoms in total. The van der Waals surface area contributed by atoms with Crippen LogP contribution in [0.5, 0.6) is 5.88 Å². The summed E-state index contributed by atoms with van der Waals surface area (Å²) in [6, 6.07) is 8.13. The van der Waals surface area contributed by atoms with E-state index < -0.39 is 0 Å². The van der Waals surface area contributed by atoms with Crippen LogP contribution < -0.4 is 9.64 Å². The third kappa shape index (κ3) is 3.54. The van der Waals surface area contributed by atoms with Gasteiger partial charge in [0.05, 0.1) is 30.6 Å². The number of methoxy groups -OCH3 is 1. The molecule has 0 aromatic carbocycles. The van der Waals surface area contributed by atoms with E-state index in [1.807, 2.05) is 45.6 Å². The standard InChI is InChI=1S/C22H27N7O2/c1-26(22(30)27-11-3-4-12-27)16-9-13-28(15-16)20-8-7-19-24-14-18(29(19)25-20)17-6-5-10-23-21(17)31-2/h5-8,10,14,16H,3-4,9,11-13,15H2,1-2H3/t16-/m0/s1. The molecule has 0 saturated carbocycles. The average molecular weight is 422 g/mol. The molecule has 3 aromatic heterocycles. The largest absolute Gasteiger partial charge is 0.481 e. The zero-order chi connectivity index (χ0) is 21.4. The number of hydrogen-bond acceptors (Lipinski definition) is 6. The first-order valence-electron chi connectivity index (χ1n) is 10.8. The molecule has 0 spiro atoms. The number of urea groups is 1. The van der Waals surface area contributed by atoms with Gasteiger partial charge in [-0.1, -0.05) is 0 Å². The molecule has 1 atom stereocenters. The Balaban J connectivity index is 1.38. The zero-order valence-corrected chi connectivity index (χ0v) is 17.9. The summed E-state index contributed by atoms with van der Waals surface area (Å²) in [5, 5.41) is 4.87. The van der Waals surface area contributed by atoms with Gasteiger partial charge in [0.2, 0.25) is 5.88 Å². The van der Waals surface area contributed by atoms with Gasteiger partial charge in [-0.3, -0.25) is 0 Å². The lowest BCUT2D eigenvalue weighted by Gasteiger charge is -2.29. The third-order valence-corrected chi connectivity index (χ3v) is 6.30. The Kier molecular flexibility index (Phi) is 5.09. The quantitative estimate of drug-likeness (QED) is 0.644. The summed E-state index contributed by atoms with van der Waals surface area (Å²) < 4.78 is 7.26. The fourth-order valence-electron chi connectivity index (χ4n) is 4.52. The number of carbonyl (C=O) groups excluding carboxylic acids is 1. The lowest BCUT2D eigenvalue weighted by atomic mass is 10.2. The number of amides is 2. The maximum atomic E-state index is 12.8. The topological polar surface area (TPSA) is 79.1 Å². The summed E-state index contributed by atoms with van der Waals surface area (Å²) in [7, 11) is 3.53. The summed E-state index contributed by atoms with van der Waals surface area (Å²) in [6.45, 7) is 3.38. The molecule has 2 saturated heterocycles. The van der Waals surface area contributed by atoms with Crippen molar-refractivity contribution in [2.24, 2.45) is 0 Å². The van der Waals surface area contributed by atoms with Crippen LogP contribution in [0.25, 0.3) is 16.9 Å². The van der Waals surface area contributed by atoms with Crippen molar-refractivity contribution in [3.8, 4) is 17.1 Å². The number of aromatic nitrogens is 4. The first kappa shape index (κ1) is 19.6. The molecule has 0 N–H and O–H groups in total. The Morgan fingerprint density at radius 1 is 1.16 bits per heavy atom. The highest BCUT2D eigenvalue weighted by molar-refractivity contribution is 5.75. The zero-order valence-electron chi connectivity index (χ0n) is 17.9. The van der Waals surface area contributed by atoms with E-state index in [9.17, 15) is 4.79 Å². The number of likely N-dealkylation sites (N-methyl/N-ethyl adjacent to an activating group) is 1. The third-order valence-electron chi connectivity index (χ3n) is 6.30. The Morgan fingerprint density at radius 3 is 2.81 bits per heavy atom. The number of hydrogen-bond donors (Lipinski definition) is 0. The van der Waals surface area contributed by atoms with E-state index >= 15 is 0 Å². The van der Waals surface area contributed by atoms with Crippen LogP contribution in [0, 0.1) is 0 Å². The highest BCUT2D eigenvalue weighted by Crippen LogP contribution is 2.29. The van der Waals surface area contributed by atoms with Crippen LogP contribution in [-0.4, -0.2) is 81.8 Å². The number of fused-ring (bicyclic) bond motifs is 1. The van der Waals surface area contributed by atoms with Gasteiger partial charge in [0.1, 0.15) is 5.82 Å². The van der Waals surface area contributed by atoms with Gasteiger partial charge in [-0.2, -0.15) is 0 Å². The second-order valence-electron chi connectivity index (χ2n) is 8.14. The highest BCUT2D eigenvalue weighted by atomic mass is 16.5. The predicted octanol–water partition coefficient (Wildman–Crippen LogP) is 2.53. The number of pyridine rings is 1. The molecule has 2 aliphatic heterocycles. The fourth-order valence-corrected chi connectivity index (χ4v) is 4.52. The normalized spacial score (nSPS) is 18.7. The second kappa shape index (κ2) is 8.05. The molecule has 2 amide bonds. The van der Waals surface area contributed by atoms with Crippen LogP contribution in [0.4, 0.5) is 10.6 Å². The minimum Gasteiger partial charge on any atom is -0.481 e.